The number of thiophene rings is 1. The maximum atomic E-state index is 12.0. The standard InChI is InChI=1S/C14H24N2OS/c1-9(6-5-7-15)14(17)16-11(3)13-8-10(2)18-12(13)4/h8-9,11H,5-7,15H2,1-4H3,(H,16,17). The zero-order valence-electron chi connectivity index (χ0n) is 11.7. The van der Waals surface area contributed by atoms with Gasteiger partial charge in [-0.3, -0.25) is 4.79 Å². The Morgan fingerprint density at radius 1 is 1.44 bits per heavy atom. The quantitative estimate of drug-likeness (QED) is 0.833. The molecule has 4 heteroatoms. The maximum absolute atomic E-state index is 12.0. The Morgan fingerprint density at radius 2 is 2.11 bits per heavy atom. The molecule has 1 aromatic rings. The molecule has 3 nitrogen and oxygen atoms in total. The highest BCUT2D eigenvalue weighted by molar-refractivity contribution is 7.12. The van der Waals surface area contributed by atoms with Gasteiger partial charge in [0.1, 0.15) is 0 Å². The van der Waals surface area contributed by atoms with Gasteiger partial charge in [0.25, 0.3) is 0 Å². The molecular weight excluding hydrogens is 244 g/mol. The number of hydrogen-bond donors (Lipinski definition) is 2. The number of hydrogen-bond acceptors (Lipinski definition) is 3. The fourth-order valence-electron chi connectivity index (χ4n) is 2.07. The van der Waals surface area contributed by atoms with Gasteiger partial charge in [-0.1, -0.05) is 6.92 Å². The fraction of sp³-hybridized carbons (Fsp3) is 0.643. The van der Waals surface area contributed by atoms with E-state index in [1.807, 2.05) is 13.8 Å². The molecule has 2 unspecified atom stereocenters. The van der Waals surface area contributed by atoms with Crippen LogP contribution in [0.15, 0.2) is 6.07 Å². The molecule has 0 spiro atoms. The summed E-state index contributed by atoms with van der Waals surface area (Å²) in [6.07, 6.45) is 1.76. The summed E-state index contributed by atoms with van der Waals surface area (Å²) in [5.41, 5.74) is 6.69. The van der Waals surface area contributed by atoms with Crippen molar-refractivity contribution >= 4 is 17.2 Å². The molecule has 0 aromatic carbocycles. The molecule has 0 bridgehead atoms. The molecule has 102 valence electrons. The lowest BCUT2D eigenvalue weighted by molar-refractivity contribution is -0.125. The number of carbonyl (C=O) groups is 1. The molecule has 0 fully saturated rings. The number of amides is 1. The molecule has 1 rings (SSSR count). The smallest absolute Gasteiger partial charge is 0.223 e. The van der Waals surface area contributed by atoms with Crippen molar-refractivity contribution < 1.29 is 4.79 Å². The maximum Gasteiger partial charge on any atom is 0.223 e. The molecule has 2 atom stereocenters. The summed E-state index contributed by atoms with van der Waals surface area (Å²) in [6.45, 7) is 8.86. The van der Waals surface area contributed by atoms with E-state index in [4.69, 9.17) is 5.73 Å². The van der Waals surface area contributed by atoms with Crippen LogP contribution in [0.5, 0.6) is 0 Å². The number of carbonyl (C=O) groups excluding carboxylic acids is 1. The van der Waals surface area contributed by atoms with E-state index in [-0.39, 0.29) is 17.9 Å². The third-order valence-corrected chi connectivity index (χ3v) is 4.18. The van der Waals surface area contributed by atoms with Gasteiger partial charge >= 0.3 is 0 Å². The first kappa shape index (κ1) is 15.2. The summed E-state index contributed by atoms with van der Waals surface area (Å²) >= 11 is 1.78. The molecule has 3 N–H and O–H groups in total. The molecule has 0 saturated carbocycles. The predicted octanol–water partition coefficient (Wildman–Crippen LogP) is 2.92. The monoisotopic (exact) mass is 268 g/mol. The van der Waals surface area contributed by atoms with Gasteiger partial charge in [0.05, 0.1) is 6.04 Å². The molecule has 0 aliphatic heterocycles. The van der Waals surface area contributed by atoms with Crippen LogP contribution in [-0.4, -0.2) is 12.5 Å². The van der Waals surface area contributed by atoms with Crippen LogP contribution in [-0.2, 0) is 4.79 Å². The largest absolute Gasteiger partial charge is 0.349 e. The minimum atomic E-state index is 0.0380. The van der Waals surface area contributed by atoms with Crippen LogP contribution in [0.1, 0.15) is 48.0 Å². The van der Waals surface area contributed by atoms with Crippen LogP contribution in [0.3, 0.4) is 0 Å². The van der Waals surface area contributed by atoms with Crippen LogP contribution in [0.2, 0.25) is 0 Å². The lowest BCUT2D eigenvalue weighted by atomic mass is 10.0. The summed E-state index contributed by atoms with van der Waals surface area (Å²) in [6, 6.07) is 2.25. The fourth-order valence-corrected chi connectivity index (χ4v) is 3.09. The minimum absolute atomic E-state index is 0.0380. The topological polar surface area (TPSA) is 55.1 Å². The highest BCUT2D eigenvalue weighted by Crippen LogP contribution is 2.26. The molecule has 0 aliphatic carbocycles. The summed E-state index contributed by atoms with van der Waals surface area (Å²) in [5, 5.41) is 3.09. The second kappa shape index (κ2) is 6.90. The van der Waals surface area contributed by atoms with Crippen molar-refractivity contribution in [2.45, 2.75) is 46.6 Å². The van der Waals surface area contributed by atoms with E-state index in [0.717, 1.165) is 12.8 Å². The average molecular weight is 268 g/mol. The van der Waals surface area contributed by atoms with E-state index in [2.05, 4.69) is 25.2 Å². The molecule has 18 heavy (non-hydrogen) atoms. The highest BCUT2D eigenvalue weighted by atomic mass is 32.1. The van der Waals surface area contributed by atoms with Gasteiger partial charge in [0.2, 0.25) is 5.91 Å². The zero-order valence-corrected chi connectivity index (χ0v) is 12.6. The molecular formula is C14H24N2OS. The first-order valence-electron chi connectivity index (χ1n) is 6.53. The van der Waals surface area contributed by atoms with Gasteiger partial charge < -0.3 is 11.1 Å². The Balaban J connectivity index is 2.56. The summed E-state index contributed by atoms with van der Waals surface area (Å²) in [5.74, 6) is 0.162. The summed E-state index contributed by atoms with van der Waals surface area (Å²) in [7, 11) is 0. The second-order valence-corrected chi connectivity index (χ2v) is 6.39. The third-order valence-electron chi connectivity index (χ3n) is 3.19. The van der Waals surface area contributed by atoms with Crippen molar-refractivity contribution in [2.75, 3.05) is 6.54 Å². The van der Waals surface area contributed by atoms with Crippen LogP contribution in [0.4, 0.5) is 0 Å². The van der Waals surface area contributed by atoms with Gasteiger partial charge in [-0.2, -0.15) is 0 Å². The number of nitrogens with one attached hydrogen (secondary N) is 1. The van der Waals surface area contributed by atoms with Crippen molar-refractivity contribution in [2.24, 2.45) is 11.7 Å². The summed E-state index contributed by atoms with van der Waals surface area (Å²) < 4.78 is 0. The van der Waals surface area contributed by atoms with Gasteiger partial charge in [0.15, 0.2) is 0 Å². The minimum Gasteiger partial charge on any atom is -0.349 e. The Hall–Kier alpha value is -0.870. The Bertz CT molecular complexity index is 400. The van der Waals surface area contributed by atoms with Gasteiger partial charge in [0, 0.05) is 15.7 Å². The third kappa shape index (κ3) is 4.10. The normalized spacial score (nSPS) is 14.3. The van der Waals surface area contributed by atoms with E-state index in [0.29, 0.717) is 6.54 Å². The highest BCUT2D eigenvalue weighted by Gasteiger charge is 2.17. The Kier molecular flexibility index (Phi) is 5.82. The van der Waals surface area contributed by atoms with E-state index in [9.17, 15) is 4.79 Å². The van der Waals surface area contributed by atoms with Gasteiger partial charge in [-0.25, -0.2) is 0 Å². The van der Waals surface area contributed by atoms with E-state index in [1.54, 1.807) is 11.3 Å². The van der Waals surface area contributed by atoms with E-state index < -0.39 is 0 Å². The molecule has 1 amide bonds. The zero-order chi connectivity index (χ0) is 13.7. The second-order valence-electron chi connectivity index (χ2n) is 4.93. The molecule has 0 radical (unpaired) electrons. The molecule has 0 aliphatic rings. The number of aryl methyl sites for hydroxylation is 2. The summed E-state index contributed by atoms with van der Waals surface area (Å²) in [4.78, 5) is 14.6. The van der Waals surface area contributed by atoms with Gasteiger partial charge in [-0.05, 0) is 51.8 Å². The van der Waals surface area contributed by atoms with Crippen LogP contribution >= 0.6 is 11.3 Å². The molecule has 1 heterocycles. The number of rotatable bonds is 6. The van der Waals surface area contributed by atoms with Crippen LogP contribution in [0, 0.1) is 19.8 Å². The Labute approximate surface area is 114 Å². The predicted molar refractivity (Wildman–Crippen MR) is 77.8 cm³/mol. The van der Waals surface area contributed by atoms with Crippen molar-refractivity contribution in [1.29, 1.82) is 0 Å². The number of nitrogens with two attached hydrogens (primary N) is 1. The van der Waals surface area contributed by atoms with Gasteiger partial charge in [-0.15, -0.1) is 11.3 Å². The van der Waals surface area contributed by atoms with Crippen molar-refractivity contribution in [3.8, 4) is 0 Å². The van der Waals surface area contributed by atoms with E-state index >= 15 is 0 Å². The molecule has 1 aromatic heterocycles. The first-order valence-corrected chi connectivity index (χ1v) is 7.34. The van der Waals surface area contributed by atoms with Crippen LogP contribution < -0.4 is 11.1 Å². The average Bonchev–Trinajstić information content (AvgIpc) is 2.65. The lowest BCUT2D eigenvalue weighted by Gasteiger charge is -2.17. The Morgan fingerprint density at radius 3 is 2.61 bits per heavy atom. The van der Waals surface area contributed by atoms with Crippen molar-refractivity contribution in [3.05, 3.63) is 21.4 Å². The van der Waals surface area contributed by atoms with E-state index in [1.165, 1.54) is 15.3 Å². The lowest BCUT2D eigenvalue weighted by Crippen LogP contribution is -2.31. The SMILES string of the molecule is Cc1cc(C(C)NC(=O)C(C)CCCN)c(C)s1. The van der Waals surface area contributed by atoms with Crippen molar-refractivity contribution in [1.82, 2.24) is 5.32 Å². The van der Waals surface area contributed by atoms with Crippen LogP contribution in [0.25, 0.3) is 0 Å². The van der Waals surface area contributed by atoms with Crippen molar-refractivity contribution in [3.63, 3.8) is 0 Å². The molecule has 0 saturated heterocycles. The first-order chi connectivity index (χ1) is 8.45.